The number of anilines is 1. The molecule has 0 N–H and O–H groups in total. The lowest BCUT2D eigenvalue weighted by molar-refractivity contribution is -0.119. The zero-order valence-electron chi connectivity index (χ0n) is 14.1. The number of hydrogen-bond donors (Lipinski definition) is 0. The van der Waals surface area contributed by atoms with Crippen molar-refractivity contribution < 1.29 is 9.18 Å². The summed E-state index contributed by atoms with van der Waals surface area (Å²) in [7, 11) is 0. The minimum atomic E-state index is -0.317. The van der Waals surface area contributed by atoms with Crippen molar-refractivity contribution in [1.29, 1.82) is 0 Å². The minimum absolute atomic E-state index is 0.0166. The van der Waals surface area contributed by atoms with Gasteiger partial charge >= 0.3 is 0 Å². The van der Waals surface area contributed by atoms with E-state index in [0.29, 0.717) is 12.1 Å². The van der Waals surface area contributed by atoms with Gasteiger partial charge in [-0.15, -0.1) is 6.58 Å². The maximum atomic E-state index is 14.7. The van der Waals surface area contributed by atoms with Gasteiger partial charge in [0.05, 0.1) is 0 Å². The van der Waals surface area contributed by atoms with Gasteiger partial charge in [-0.1, -0.05) is 52.3 Å². The number of carbonyl (C=O) groups excluding carboxylic acids is 1. The van der Waals surface area contributed by atoms with Crippen LogP contribution in [0.15, 0.2) is 71.7 Å². The highest BCUT2D eigenvalue weighted by atomic mass is 79.9. The third-order valence-corrected chi connectivity index (χ3v) is 5.41. The molecule has 1 aliphatic rings. The number of nitrogens with zero attached hydrogens (tertiary/aromatic N) is 1. The molecule has 130 valence electrons. The van der Waals surface area contributed by atoms with Gasteiger partial charge < -0.3 is 4.90 Å². The highest BCUT2D eigenvalue weighted by Gasteiger charge is 2.34. The van der Waals surface area contributed by atoms with Crippen molar-refractivity contribution in [1.82, 2.24) is 0 Å². The van der Waals surface area contributed by atoms with E-state index in [0.717, 1.165) is 26.5 Å². The first-order valence-electron chi connectivity index (χ1n) is 8.48. The molecule has 1 atom stereocenters. The molecule has 3 aromatic rings. The van der Waals surface area contributed by atoms with E-state index >= 15 is 0 Å². The molecular formula is C22H17BrFNO. The zero-order chi connectivity index (χ0) is 18.3. The number of fused-ring (bicyclic) bond motifs is 3. The van der Waals surface area contributed by atoms with Gasteiger partial charge in [-0.05, 0) is 46.2 Å². The summed E-state index contributed by atoms with van der Waals surface area (Å²) in [5.74, 6) is -0.624. The van der Waals surface area contributed by atoms with Gasteiger partial charge in [0.15, 0.2) is 0 Å². The number of carbonyl (C=O) groups is 1. The molecule has 0 bridgehead atoms. The molecule has 4 heteroatoms. The Morgan fingerprint density at radius 3 is 2.81 bits per heavy atom. The molecule has 0 saturated heterocycles. The Morgan fingerprint density at radius 2 is 2.00 bits per heavy atom. The first-order valence-corrected chi connectivity index (χ1v) is 9.27. The van der Waals surface area contributed by atoms with Gasteiger partial charge in [0.1, 0.15) is 5.82 Å². The quantitative estimate of drug-likeness (QED) is 0.500. The van der Waals surface area contributed by atoms with Crippen LogP contribution in [0, 0.1) is 5.82 Å². The number of halogens is 2. The maximum absolute atomic E-state index is 14.7. The van der Waals surface area contributed by atoms with Crippen LogP contribution in [0.3, 0.4) is 0 Å². The zero-order valence-corrected chi connectivity index (χ0v) is 15.7. The smallest absolute Gasteiger partial charge is 0.228 e. The molecule has 1 amide bonds. The summed E-state index contributed by atoms with van der Waals surface area (Å²) in [5.41, 5.74) is 2.38. The van der Waals surface area contributed by atoms with Crippen molar-refractivity contribution in [3.63, 3.8) is 0 Å². The molecule has 0 aromatic heterocycles. The second kappa shape index (κ2) is 6.69. The Bertz CT molecular complexity index is 1030. The summed E-state index contributed by atoms with van der Waals surface area (Å²) >= 11 is 3.43. The Balaban J connectivity index is 2.02. The van der Waals surface area contributed by atoms with Crippen LogP contribution in [0.4, 0.5) is 10.1 Å². The van der Waals surface area contributed by atoms with Crippen molar-refractivity contribution in [2.75, 3.05) is 11.4 Å². The van der Waals surface area contributed by atoms with E-state index in [4.69, 9.17) is 0 Å². The lowest BCUT2D eigenvalue weighted by atomic mass is 9.81. The highest BCUT2D eigenvalue weighted by molar-refractivity contribution is 9.10. The summed E-state index contributed by atoms with van der Waals surface area (Å²) in [5, 5.41) is 2.13. The molecule has 0 radical (unpaired) electrons. The molecule has 1 aliphatic heterocycles. The maximum Gasteiger partial charge on any atom is 0.228 e. The van der Waals surface area contributed by atoms with Crippen molar-refractivity contribution in [3.05, 3.63) is 88.7 Å². The van der Waals surface area contributed by atoms with Crippen molar-refractivity contribution in [2.24, 2.45) is 0 Å². The van der Waals surface area contributed by atoms with Crippen LogP contribution in [0.25, 0.3) is 10.8 Å². The first-order chi connectivity index (χ1) is 12.6. The fourth-order valence-corrected chi connectivity index (χ4v) is 4.16. The summed E-state index contributed by atoms with van der Waals surface area (Å²) in [6.07, 6.45) is 1.96. The summed E-state index contributed by atoms with van der Waals surface area (Å²) in [4.78, 5) is 14.5. The molecule has 4 rings (SSSR count). The predicted octanol–water partition coefficient (Wildman–Crippen LogP) is 5.80. The molecule has 0 fully saturated rings. The van der Waals surface area contributed by atoms with Crippen LogP contribution in [-0.2, 0) is 4.79 Å². The van der Waals surface area contributed by atoms with E-state index in [1.54, 1.807) is 23.1 Å². The van der Waals surface area contributed by atoms with E-state index in [9.17, 15) is 9.18 Å². The van der Waals surface area contributed by atoms with Crippen LogP contribution in [0.5, 0.6) is 0 Å². The fourth-order valence-electron chi connectivity index (χ4n) is 3.78. The molecule has 1 heterocycles. The Morgan fingerprint density at radius 1 is 1.19 bits per heavy atom. The van der Waals surface area contributed by atoms with Gasteiger partial charge in [-0.25, -0.2) is 4.39 Å². The Kier molecular flexibility index (Phi) is 4.37. The van der Waals surface area contributed by atoms with Crippen LogP contribution in [0.2, 0.25) is 0 Å². The Hall–Kier alpha value is -2.46. The molecule has 3 aromatic carbocycles. The monoisotopic (exact) mass is 409 g/mol. The van der Waals surface area contributed by atoms with Crippen molar-refractivity contribution >= 4 is 38.3 Å². The van der Waals surface area contributed by atoms with Crippen LogP contribution in [0.1, 0.15) is 23.5 Å². The van der Waals surface area contributed by atoms with Gasteiger partial charge in [0, 0.05) is 29.0 Å². The average Bonchev–Trinajstić information content (AvgIpc) is 2.65. The van der Waals surface area contributed by atoms with Crippen LogP contribution < -0.4 is 4.90 Å². The van der Waals surface area contributed by atoms with Gasteiger partial charge in [0.25, 0.3) is 0 Å². The molecule has 0 saturated carbocycles. The predicted molar refractivity (Wildman–Crippen MR) is 107 cm³/mol. The number of hydrogen-bond acceptors (Lipinski definition) is 1. The topological polar surface area (TPSA) is 20.3 Å². The minimum Gasteiger partial charge on any atom is -0.308 e. The number of benzene rings is 3. The molecule has 0 spiro atoms. The normalized spacial score (nSPS) is 16.6. The molecule has 0 aliphatic carbocycles. The third-order valence-electron chi connectivity index (χ3n) is 4.91. The summed E-state index contributed by atoms with van der Waals surface area (Å²) in [6.45, 7) is 4.21. The van der Waals surface area contributed by atoms with Crippen molar-refractivity contribution in [2.45, 2.75) is 12.3 Å². The van der Waals surface area contributed by atoms with Gasteiger partial charge in [0.2, 0.25) is 5.91 Å². The standard InChI is InChI=1S/C22H17BrFNO/c1-2-11-25-20-10-7-14-5-3-4-6-16(14)22(20)18(13-21(25)26)17-12-15(23)8-9-19(17)24/h2-10,12,18H,1,11,13H2. The summed E-state index contributed by atoms with van der Waals surface area (Å²) < 4.78 is 15.5. The molecule has 2 nitrogen and oxygen atoms in total. The Labute approximate surface area is 160 Å². The fraction of sp³-hybridized carbons (Fsp3) is 0.136. The van der Waals surface area contributed by atoms with Crippen LogP contribution >= 0.6 is 15.9 Å². The van der Waals surface area contributed by atoms with E-state index in [2.05, 4.69) is 22.5 Å². The largest absolute Gasteiger partial charge is 0.308 e. The molecule has 26 heavy (non-hydrogen) atoms. The van der Waals surface area contributed by atoms with E-state index < -0.39 is 0 Å². The summed E-state index contributed by atoms with van der Waals surface area (Å²) in [6, 6.07) is 16.9. The second-order valence-corrected chi connectivity index (χ2v) is 7.35. The SMILES string of the molecule is C=CCN1C(=O)CC(c2cc(Br)ccc2F)c2c1ccc1ccccc21. The van der Waals surface area contributed by atoms with Crippen molar-refractivity contribution in [3.8, 4) is 0 Å². The van der Waals surface area contributed by atoms with E-state index in [1.165, 1.54) is 6.07 Å². The van der Waals surface area contributed by atoms with E-state index in [1.807, 2.05) is 36.4 Å². The molecule has 1 unspecified atom stereocenters. The number of amides is 1. The second-order valence-electron chi connectivity index (χ2n) is 6.44. The van der Waals surface area contributed by atoms with E-state index in [-0.39, 0.29) is 24.1 Å². The average molecular weight is 410 g/mol. The van der Waals surface area contributed by atoms with Crippen LogP contribution in [-0.4, -0.2) is 12.5 Å². The van der Waals surface area contributed by atoms with Gasteiger partial charge in [-0.2, -0.15) is 0 Å². The lowest BCUT2D eigenvalue weighted by Crippen LogP contribution is -2.37. The highest BCUT2D eigenvalue weighted by Crippen LogP contribution is 2.44. The van der Waals surface area contributed by atoms with Gasteiger partial charge in [-0.3, -0.25) is 4.79 Å². The first kappa shape index (κ1) is 17.0. The third kappa shape index (κ3) is 2.74. The molecular weight excluding hydrogens is 393 g/mol. The number of rotatable bonds is 3. The lowest BCUT2D eigenvalue weighted by Gasteiger charge is -2.35.